The van der Waals surface area contributed by atoms with Crippen LogP contribution in [-0.4, -0.2) is 40.0 Å². The first-order chi connectivity index (χ1) is 13.7. The molecule has 2 aromatic rings. The zero-order valence-electron chi connectivity index (χ0n) is 16.0. The maximum absolute atomic E-state index is 14.0. The molecule has 3 heterocycles. The van der Waals surface area contributed by atoms with Crippen LogP contribution in [-0.2, 0) is 17.8 Å². The predicted octanol–water partition coefficient (Wildman–Crippen LogP) is 2.78. The first kappa shape index (κ1) is 18.8. The van der Waals surface area contributed by atoms with Gasteiger partial charge in [0, 0.05) is 43.5 Å². The Balaban J connectivity index is 1.53. The highest BCUT2D eigenvalue weighted by molar-refractivity contribution is 5.82. The summed E-state index contributed by atoms with van der Waals surface area (Å²) in [6, 6.07) is 6.04. The van der Waals surface area contributed by atoms with Gasteiger partial charge in [0.2, 0.25) is 0 Å². The van der Waals surface area contributed by atoms with Gasteiger partial charge >= 0.3 is 0 Å². The number of rotatable bonds is 5. The van der Waals surface area contributed by atoms with Crippen LogP contribution in [0.5, 0.6) is 5.75 Å². The van der Waals surface area contributed by atoms with Gasteiger partial charge in [0.05, 0.1) is 6.04 Å². The minimum absolute atomic E-state index is 0.107. The van der Waals surface area contributed by atoms with E-state index < -0.39 is 11.9 Å². The van der Waals surface area contributed by atoms with E-state index in [9.17, 15) is 9.18 Å². The molecule has 0 saturated carbocycles. The molecular formula is C21H25FN4O2. The summed E-state index contributed by atoms with van der Waals surface area (Å²) in [5, 5.41) is 3.32. The number of hydrogen-bond donors (Lipinski definition) is 1. The Bertz CT molecular complexity index is 860. The van der Waals surface area contributed by atoms with E-state index in [1.165, 1.54) is 6.07 Å². The molecule has 1 amide bonds. The zero-order valence-corrected chi connectivity index (χ0v) is 16.0. The van der Waals surface area contributed by atoms with Crippen LogP contribution in [0.2, 0.25) is 0 Å². The summed E-state index contributed by atoms with van der Waals surface area (Å²) in [4.78, 5) is 24.3. The van der Waals surface area contributed by atoms with Crippen molar-refractivity contribution in [1.29, 1.82) is 0 Å². The summed E-state index contributed by atoms with van der Waals surface area (Å²) in [6.07, 6.45) is 4.22. The van der Waals surface area contributed by atoms with Crippen molar-refractivity contribution in [2.45, 2.75) is 51.3 Å². The highest BCUT2D eigenvalue weighted by Crippen LogP contribution is 2.32. The molecule has 0 spiro atoms. The molecule has 2 aliphatic heterocycles. The van der Waals surface area contributed by atoms with Gasteiger partial charge in [-0.15, -0.1) is 0 Å². The molecule has 1 saturated heterocycles. The number of benzene rings is 1. The van der Waals surface area contributed by atoms with E-state index in [0.717, 1.165) is 43.6 Å². The second kappa shape index (κ2) is 8.22. The summed E-state index contributed by atoms with van der Waals surface area (Å²) >= 11 is 0. The van der Waals surface area contributed by atoms with Crippen molar-refractivity contribution in [2.24, 2.45) is 0 Å². The number of halogens is 1. The molecule has 2 atom stereocenters. The third-order valence-corrected chi connectivity index (χ3v) is 5.41. The smallest absolute Gasteiger partial charge is 0.264 e. The number of nitrogens with one attached hydrogen (secondary N) is 1. The van der Waals surface area contributed by atoms with Crippen molar-refractivity contribution in [3.8, 4) is 5.75 Å². The Morgan fingerprint density at radius 3 is 3.11 bits per heavy atom. The number of carbonyl (C=O) groups is 1. The average Bonchev–Trinajstić information content (AvgIpc) is 3.22. The molecule has 148 valence electrons. The Hall–Kier alpha value is -2.54. The molecule has 1 aromatic carbocycles. The van der Waals surface area contributed by atoms with Gasteiger partial charge in [0.15, 0.2) is 23.5 Å². The number of fused-ring (bicyclic) bond motifs is 1. The van der Waals surface area contributed by atoms with Gasteiger partial charge in [-0.2, -0.15) is 0 Å². The molecule has 7 heteroatoms. The largest absolute Gasteiger partial charge is 0.478 e. The molecular weight excluding hydrogens is 359 g/mol. The van der Waals surface area contributed by atoms with Crippen LogP contribution >= 0.6 is 0 Å². The molecule has 0 radical (unpaired) electrons. The minimum Gasteiger partial charge on any atom is -0.478 e. The molecule has 2 aliphatic rings. The van der Waals surface area contributed by atoms with Crippen LogP contribution in [0.25, 0.3) is 0 Å². The van der Waals surface area contributed by atoms with Crippen LogP contribution in [0, 0.1) is 5.82 Å². The van der Waals surface area contributed by atoms with E-state index in [1.54, 1.807) is 23.1 Å². The Kier molecular flexibility index (Phi) is 5.52. The van der Waals surface area contributed by atoms with Gasteiger partial charge in [0.25, 0.3) is 5.91 Å². The lowest BCUT2D eigenvalue weighted by Crippen LogP contribution is -2.42. The zero-order chi connectivity index (χ0) is 19.5. The summed E-state index contributed by atoms with van der Waals surface area (Å²) in [6.45, 7) is 4.21. The van der Waals surface area contributed by atoms with E-state index in [-0.39, 0.29) is 17.7 Å². The summed E-state index contributed by atoms with van der Waals surface area (Å²) < 4.78 is 19.7. The van der Waals surface area contributed by atoms with Gasteiger partial charge in [-0.1, -0.05) is 19.1 Å². The maximum atomic E-state index is 14.0. The lowest BCUT2D eigenvalue weighted by atomic mass is 10.1. The molecule has 1 fully saturated rings. The van der Waals surface area contributed by atoms with Crippen LogP contribution in [0.1, 0.15) is 49.3 Å². The Morgan fingerprint density at radius 2 is 2.29 bits per heavy atom. The fourth-order valence-corrected chi connectivity index (χ4v) is 3.90. The highest BCUT2D eigenvalue weighted by atomic mass is 19.1. The summed E-state index contributed by atoms with van der Waals surface area (Å²) in [7, 11) is 0. The first-order valence-corrected chi connectivity index (χ1v) is 9.94. The normalized spacial score (nSPS) is 19.9. The Morgan fingerprint density at radius 1 is 1.43 bits per heavy atom. The van der Waals surface area contributed by atoms with E-state index >= 15 is 0 Å². The fourth-order valence-electron chi connectivity index (χ4n) is 3.90. The molecule has 4 rings (SSSR count). The van der Waals surface area contributed by atoms with Gasteiger partial charge in [-0.05, 0) is 31.4 Å². The van der Waals surface area contributed by atoms with Crippen molar-refractivity contribution < 1.29 is 13.9 Å². The number of likely N-dealkylation sites (tertiary alicyclic amines) is 1. The third kappa shape index (κ3) is 3.71. The predicted molar refractivity (Wildman–Crippen MR) is 102 cm³/mol. The number of ether oxygens (including phenoxy) is 1. The van der Waals surface area contributed by atoms with Gasteiger partial charge in [-0.3, -0.25) is 4.79 Å². The molecule has 1 aromatic heterocycles. The summed E-state index contributed by atoms with van der Waals surface area (Å²) in [5.41, 5.74) is 2.19. The van der Waals surface area contributed by atoms with E-state index in [1.807, 2.05) is 13.1 Å². The van der Waals surface area contributed by atoms with Gasteiger partial charge < -0.3 is 15.0 Å². The number of carbonyl (C=O) groups excluding carboxylic acids is 1. The number of nitrogens with zero attached hydrogens (tertiary/aromatic N) is 3. The highest BCUT2D eigenvalue weighted by Gasteiger charge is 2.36. The van der Waals surface area contributed by atoms with Crippen molar-refractivity contribution in [3.05, 3.63) is 53.4 Å². The van der Waals surface area contributed by atoms with E-state index in [4.69, 9.17) is 9.72 Å². The van der Waals surface area contributed by atoms with E-state index in [2.05, 4.69) is 10.3 Å². The van der Waals surface area contributed by atoms with Gasteiger partial charge in [0.1, 0.15) is 0 Å². The molecule has 0 aliphatic carbocycles. The van der Waals surface area contributed by atoms with Gasteiger partial charge in [-0.25, -0.2) is 14.4 Å². The van der Waals surface area contributed by atoms with Crippen molar-refractivity contribution in [1.82, 2.24) is 20.2 Å². The monoisotopic (exact) mass is 384 g/mol. The second-order valence-corrected chi connectivity index (χ2v) is 7.26. The minimum atomic E-state index is -0.723. The van der Waals surface area contributed by atoms with Crippen LogP contribution in [0.15, 0.2) is 30.5 Å². The van der Waals surface area contributed by atoms with Crippen LogP contribution in [0.3, 0.4) is 0 Å². The molecule has 1 N–H and O–H groups in total. The SMILES string of the molecule is CCC(Oc1ccccc1F)C(=O)N1CCCC1c1ncc2c(n1)CCNC2. The third-order valence-electron chi connectivity index (χ3n) is 5.41. The Labute approximate surface area is 164 Å². The van der Waals surface area contributed by atoms with Crippen LogP contribution in [0.4, 0.5) is 4.39 Å². The number of aromatic nitrogens is 2. The second-order valence-electron chi connectivity index (χ2n) is 7.26. The number of para-hydroxylation sites is 1. The molecule has 6 nitrogen and oxygen atoms in total. The van der Waals surface area contributed by atoms with Crippen LogP contribution < -0.4 is 10.1 Å². The topological polar surface area (TPSA) is 67.3 Å². The quantitative estimate of drug-likeness (QED) is 0.859. The van der Waals surface area contributed by atoms with Crippen molar-refractivity contribution in [3.63, 3.8) is 0 Å². The fraction of sp³-hybridized carbons (Fsp3) is 0.476. The molecule has 0 bridgehead atoms. The lowest BCUT2D eigenvalue weighted by Gasteiger charge is -2.28. The summed E-state index contributed by atoms with van der Waals surface area (Å²) in [5.74, 6) is 0.220. The lowest BCUT2D eigenvalue weighted by molar-refractivity contribution is -0.140. The van der Waals surface area contributed by atoms with Crippen molar-refractivity contribution >= 4 is 5.91 Å². The first-order valence-electron chi connectivity index (χ1n) is 9.94. The maximum Gasteiger partial charge on any atom is 0.264 e. The standard InChI is InChI=1S/C21H25FN4O2/c1-2-18(28-19-8-4-3-6-15(19)22)21(27)26-11-5-7-17(26)20-24-13-14-12-23-10-9-16(14)25-20/h3-4,6,8,13,17-18,23H,2,5,7,9-12H2,1H3. The van der Waals surface area contributed by atoms with Crippen molar-refractivity contribution in [2.75, 3.05) is 13.1 Å². The average molecular weight is 384 g/mol. The molecule has 28 heavy (non-hydrogen) atoms. The van der Waals surface area contributed by atoms with E-state index in [0.29, 0.717) is 18.8 Å². The number of amides is 1. The number of hydrogen-bond acceptors (Lipinski definition) is 5. The molecule has 2 unspecified atom stereocenters.